The molecule has 0 atom stereocenters. The molecule has 0 unspecified atom stereocenters. The highest BCUT2D eigenvalue weighted by Gasteiger charge is 2.16. The van der Waals surface area contributed by atoms with Crippen LogP contribution in [0.5, 0.6) is 0 Å². The molecule has 1 heterocycles. The van der Waals surface area contributed by atoms with Gasteiger partial charge < -0.3 is 5.73 Å². The van der Waals surface area contributed by atoms with E-state index in [2.05, 4.69) is 31.0 Å². The van der Waals surface area contributed by atoms with Crippen LogP contribution in [0.3, 0.4) is 0 Å². The highest BCUT2D eigenvalue weighted by atomic mass is 32.1. The molecule has 0 aliphatic rings. The van der Waals surface area contributed by atoms with Crippen LogP contribution in [0, 0.1) is 0 Å². The SMILES string of the molecule is CC(C)c1cnc(-c2cccc(C(N)=O)c2CCc2ccccc2)s1. The Balaban J connectivity index is 1.99. The second kappa shape index (κ2) is 7.62. The maximum absolute atomic E-state index is 11.9. The van der Waals surface area contributed by atoms with E-state index in [0.29, 0.717) is 11.5 Å². The molecule has 0 bridgehead atoms. The first kappa shape index (κ1) is 17.4. The fourth-order valence-electron chi connectivity index (χ4n) is 2.88. The predicted octanol–water partition coefficient (Wildman–Crippen LogP) is 4.82. The summed E-state index contributed by atoms with van der Waals surface area (Å²) in [4.78, 5) is 17.8. The van der Waals surface area contributed by atoms with Gasteiger partial charge in [0, 0.05) is 22.2 Å². The van der Waals surface area contributed by atoms with Crippen molar-refractivity contribution in [3.05, 3.63) is 76.3 Å². The maximum atomic E-state index is 11.9. The summed E-state index contributed by atoms with van der Waals surface area (Å²) in [5.74, 6) is 0.0592. The summed E-state index contributed by atoms with van der Waals surface area (Å²) in [6.45, 7) is 4.32. The van der Waals surface area contributed by atoms with Crippen molar-refractivity contribution in [2.75, 3.05) is 0 Å². The first-order chi connectivity index (χ1) is 12.1. The van der Waals surface area contributed by atoms with Gasteiger partial charge in [0.15, 0.2) is 0 Å². The van der Waals surface area contributed by atoms with Crippen molar-refractivity contribution in [3.8, 4) is 10.6 Å². The topological polar surface area (TPSA) is 56.0 Å². The quantitative estimate of drug-likeness (QED) is 0.693. The zero-order valence-corrected chi connectivity index (χ0v) is 15.3. The zero-order valence-electron chi connectivity index (χ0n) is 14.5. The molecule has 0 radical (unpaired) electrons. The fourth-order valence-corrected chi connectivity index (χ4v) is 3.85. The Kier molecular flexibility index (Phi) is 5.29. The van der Waals surface area contributed by atoms with E-state index in [1.807, 2.05) is 42.6 Å². The van der Waals surface area contributed by atoms with Crippen LogP contribution in [-0.2, 0) is 12.8 Å². The van der Waals surface area contributed by atoms with Gasteiger partial charge in [-0.25, -0.2) is 4.98 Å². The number of carbonyl (C=O) groups is 1. The molecular formula is C21H22N2OS. The van der Waals surface area contributed by atoms with Crippen LogP contribution >= 0.6 is 11.3 Å². The van der Waals surface area contributed by atoms with Crippen molar-refractivity contribution < 1.29 is 4.79 Å². The van der Waals surface area contributed by atoms with Gasteiger partial charge in [-0.2, -0.15) is 0 Å². The lowest BCUT2D eigenvalue weighted by Gasteiger charge is -2.12. The number of rotatable bonds is 6. The second-order valence-corrected chi connectivity index (χ2v) is 7.47. The Morgan fingerprint density at radius 3 is 2.48 bits per heavy atom. The second-order valence-electron chi connectivity index (χ2n) is 6.40. The lowest BCUT2D eigenvalue weighted by Crippen LogP contribution is -2.15. The molecular weight excluding hydrogens is 328 g/mol. The number of nitrogens with zero attached hydrogens (tertiary/aromatic N) is 1. The average molecular weight is 350 g/mol. The summed E-state index contributed by atoms with van der Waals surface area (Å²) in [5.41, 5.74) is 9.47. The van der Waals surface area contributed by atoms with Gasteiger partial charge in [0.05, 0.1) is 0 Å². The number of hydrogen-bond acceptors (Lipinski definition) is 3. The molecule has 2 N–H and O–H groups in total. The normalized spacial score (nSPS) is 11.0. The molecule has 0 saturated heterocycles. The number of nitrogens with two attached hydrogens (primary N) is 1. The van der Waals surface area contributed by atoms with Gasteiger partial charge in [-0.3, -0.25) is 4.79 Å². The Morgan fingerprint density at radius 1 is 1.08 bits per heavy atom. The third-order valence-electron chi connectivity index (χ3n) is 4.27. The van der Waals surface area contributed by atoms with Gasteiger partial charge >= 0.3 is 0 Å². The number of amides is 1. The Morgan fingerprint density at radius 2 is 1.84 bits per heavy atom. The van der Waals surface area contributed by atoms with Crippen molar-refractivity contribution in [3.63, 3.8) is 0 Å². The maximum Gasteiger partial charge on any atom is 0.248 e. The molecule has 2 aromatic carbocycles. The Labute approximate surface area is 152 Å². The molecule has 3 aromatic rings. The van der Waals surface area contributed by atoms with E-state index in [1.165, 1.54) is 10.4 Å². The summed E-state index contributed by atoms with van der Waals surface area (Å²) in [6.07, 6.45) is 3.55. The van der Waals surface area contributed by atoms with Crippen LogP contribution < -0.4 is 5.73 Å². The van der Waals surface area contributed by atoms with Gasteiger partial charge in [-0.1, -0.05) is 56.3 Å². The van der Waals surface area contributed by atoms with Crippen LogP contribution in [-0.4, -0.2) is 10.9 Å². The first-order valence-electron chi connectivity index (χ1n) is 8.48. The van der Waals surface area contributed by atoms with E-state index in [-0.39, 0.29) is 5.91 Å². The summed E-state index contributed by atoms with van der Waals surface area (Å²) < 4.78 is 0. The molecule has 4 heteroatoms. The molecule has 0 saturated carbocycles. The third-order valence-corrected chi connectivity index (χ3v) is 5.60. The van der Waals surface area contributed by atoms with Crippen LogP contribution in [0.15, 0.2) is 54.7 Å². The Hall–Kier alpha value is -2.46. The highest BCUT2D eigenvalue weighted by Crippen LogP contribution is 2.33. The molecule has 128 valence electrons. The number of aromatic nitrogens is 1. The van der Waals surface area contributed by atoms with Crippen LogP contribution in [0.4, 0.5) is 0 Å². The van der Waals surface area contributed by atoms with Crippen molar-refractivity contribution in [2.24, 2.45) is 5.73 Å². The molecule has 0 fully saturated rings. The minimum atomic E-state index is -0.384. The lowest BCUT2D eigenvalue weighted by molar-refractivity contribution is 0.0999. The van der Waals surface area contributed by atoms with E-state index in [4.69, 9.17) is 5.73 Å². The fraction of sp³-hybridized carbons (Fsp3) is 0.238. The minimum Gasteiger partial charge on any atom is -0.366 e. The predicted molar refractivity (Wildman–Crippen MR) is 104 cm³/mol. The van der Waals surface area contributed by atoms with Gasteiger partial charge in [0.2, 0.25) is 5.91 Å². The number of benzene rings is 2. The summed E-state index contributed by atoms with van der Waals surface area (Å²) in [6, 6.07) is 16.0. The van der Waals surface area contributed by atoms with Crippen molar-refractivity contribution in [2.45, 2.75) is 32.6 Å². The molecule has 0 aliphatic heterocycles. The summed E-state index contributed by atoms with van der Waals surface area (Å²) >= 11 is 1.69. The number of aryl methyl sites for hydroxylation is 1. The van der Waals surface area contributed by atoms with Crippen molar-refractivity contribution in [1.82, 2.24) is 4.98 Å². The number of carbonyl (C=O) groups excluding carboxylic acids is 1. The molecule has 25 heavy (non-hydrogen) atoms. The third kappa shape index (κ3) is 3.97. The van der Waals surface area contributed by atoms with E-state index in [9.17, 15) is 4.79 Å². The first-order valence-corrected chi connectivity index (χ1v) is 9.29. The minimum absolute atomic E-state index is 0.384. The average Bonchev–Trinajstić information content (AvgIpc) is 3.10. The van der Waals surface area contributed by atoms with Gasteiger partial charge in [-0.15, -0.1) is 11.3 Å². The molecule has 1 amide bonds. The molecule has 3 rings (SSSR count). The van der Waals surface area contributed by atoms with Crippen molar-refractivity contribution >= 4 is 17.2 Å². The van der Waals surface area contributed by atoms with Gasteiger partial charge in [0.25, 0.3) is 0 Å². The molecule has 0 aliphatic carbocycles. The lowest BCUT2D eigenvalue weighted by atomic mass is 9.95. The molecule has 3 nitrogen and oxygen atoms in total. The van der Waals surface area contributed by atoms with E-state index in [0.717, 1.165) is 29.0 Å². The van der Waals surface area contributed by atoms with Crippen LogP contribution in [0.1, 0.15) is 46.1 Å². The molecule has 0 spiro atoms. The standard InChI is InChI=1S/C21H22N2OS/c1-14(2)19-13-23-21(25-19)18-10-6-9-17(20(22)24)16(18)12-11-15-7-4-3-5-8-15/h3-10,13-14H,11-12H2,1-2H3,(H2,22,24). The Bertz CT molecular complexity index is 869. The highest BCUT2D eigenvalue weighted by molar-refractivity contribution is 7.15. The van der Waals surface area contributed by atoms with Crippen LogP contribution in [0.25, 0.3) is 10.6 Å². The summed E-state index contributed by atoms with van der Waals surface area (Å²) in [7, 11) is 0. The van der Waals surface area contributed by atoms with Crippen LogP contribution in [0.2, 0.25) is 0 Å². The van der Waals surface area contributed by atoms with E-state index >= 15 is 0 Å². The largest absolute Gasteiger partial charge is 0.366 e. The molecule has 1 aromatic heterocycles. The number of hydrogen-bond donors (Lipinski definition) is 1. The van der Waals surface area contributed by atoms with Gasteiger partial charge in [0.1, 0.15) is 5.01 Å². The number of thiazole rings is 1. The monoisotopic (exact) mass is 350 g/mol. The number of primary amides is 1. The van der Waals surface area contributed by atoms with E-state index in [1.54, 1.807) is 11.3 Å². The van der Waals surface area contributed by atoms with Gasteiger partial charge in [-0.05, 0) is 36.0 Å². The smallest absolute Gasteiger partial charge is 0.248 e. The van der Waals surface area contributed by atoms with E-state index < -0.39 is 0 Å². The summed E-state index contributed by atoms with van der Waals surface area (Å²) in [5, 5.41) is 0.954. The van der Waals surface area contributed by atoms with Crippen molar-refractivity contribution in [1.29, 1.82) is 0 Å². The zero-order chi connectivity index (χ0) is 17.8.